The summed E-state index contributed by atoms with van der Waals surface area (Å²) in [4.78, 5) is 4.75. The number of halogens is 6. The lowest BCUT2D eigenvalue weighted by molar-refractivity contribution is -0.274. The van der Waals surface area contributed by atoms with Crippen LogP contribution in [0.25, 0.3) is 22.2 Å². The first-order chi connectivity index (χ1) is 18.6. The zero-order chi connectivity index (χ0) is 29.0. The Balaban J connectivity index is 1.58. The minimum absolute atomic E-state index is 0.0476. The van der Waals surface area contributed by atoms with Gasteiger partial charge in [0, 0.05) is 30.5 Å². The fraction of sp³-hybridized carbons (Fsp3) is 0.429. The van der Waals surface area contributed by atoms with Gasteiger partial charge in [0.1, 0.15) is 5.75 Å². The zero-order valence-electron chi connectivity index (χ0n) is 22.4. The number of hydrogen-bond acceptors (Lipinski definition) is 4. The molecule has 0 amide bonds. The molecular formula is C28H29F6N5O. The molecule has 6 nitrogen and oxygen atoms in total. The van der Waals surface area contributed by atoms with Crippen molar-refractivity contribution < 1.29 is 31.1 Å². The average Bonchev–Trinajstić information content (AvgIpc) is 3.37. The van der Waals surface area contributed by atoms with Crippen LogP contribution in [0.1, 0.15) is 51.8 Å². The second kappa shape index (κ2) is 9.74. The summed E-state index contributed by atoms with van der Waals surface area (Å²) in [6, 6.07) is 10.4. The van der Waals surface area contributed by atoms with E-state index >= 15 is 0 Å². The van der Waals surface area contributed by atoms with Crippen LogP contribution in [0.3, 0.4) is 0 Å². The van der Waals surface area contributed by atoms with Gasteiger partial charge in [-0.25, -0.2) is 4.98 Å². The second-order valence-electron chi connectivity index (χ2n) is 11.3. The lowest BCUT2D eigenvalue weighted by atomic mass is 9.70. The van der Waals surface area contributed by atoms with E-state index in [1.165, 1.54) is 37.5 Å². The van der Waals surface area contributed by atoms with Gasteiger partial charge in [0.15, 0.2) is 5.69 Å². The first-order valence-corrected chi connectivity index (χ1v) is 12.8. The van der Waals surface area contributed by atoms with Gasteiger partial charge in [-0.05, 0) is 72.6 Å². The van der Waals surface area contributed by atoms with Crippen LogP contribution in [0.15, 0.2) is 48.7 Å². The highest BCUT2D eigenvalue weighted by molar-refractivity contribution is 5.85. The Hall–Kier alpha value is -3.70. The number of fused-ring (bicyclic) bond motifs is 1. The summed E-state index contributed by atoms with van der Waals surface area (Å²) in [5.74, 6) is 0.534. The van der Waals surface area contributed by atoms with E-state index in [2.05, 4.69) is 40.5 Å². The van der Waals surface area contributed by atoms with E-state index < -0.39 is 18.2 Å². The Morgan fingerprint density at radius 1 is 1.00 bits per heavy atom. The summed E-state index contributed by atoms with van der Waals surface area (Å²) in [5, 5.41) is 6.83. The molecule has 1 aliphatic rings. The van der Waals surface area contributed by atoms with E-state index in [0.717, 1.165) is 29.5 Å². The predicted molar refractivity (Wildman–Crippen MR) is 139 cm³/mol. The number of aromatic nitrogens is 4. The maximum absolute atomic E-state index is 13.7. The molecule has 40 heavy (non-hydrogen) atoms. The summed E-state index contributed by atoms with van der Waals surface area (Å²) < 4.78 is 85.9. The molecule has 5 rings (SSSR count). The summed E-state index contributed by atoms with van der Waals surface area (Å²) in [7, 11) is 1.44. The maximum Gasteiger partial charge on any atom is 0.573 e. The Bertz CT molecular complexity index is 1520. The molecule has 0 spiro atoms. The number of rotatable bonds is 5. The molecule has 4 aromatic rings. The maximum atomic E-state index is 13.7. The van der Waals surface area contributed by atoms with Crippen LogP contribution in [-0.4, -0.2) is 25.7 Å². The Morgan fingerprint density at radius 2 is 1.70 bits per heavy atom. The Morgan fingerprint density at radius 3 is 2.33 bits per heavy atom. The van der Waals surface area contributed by atoms with Gasteiger partial charge in [0.05, 0.1) is 11.0 Å². The predicted octanol–water partition coefficient (Wildman–Crippen LogP) is 8.49. The number of hydrogen-bond donors (Lipinski definition) is 1. The van der Waals surface area contributed by atoms with Crippen molar-refractivity contribution in [2.24, 2.45) is 18.4 Å². The van der Waals surface area contributed by atoms with Crippen LogP contribution in [0.4, 0.5) is 38.0 Å². The highest BCUT2D eigenvalue weighted by Gasteiger charge is 2.38. The molecule has 2 heterocycles. The van der Waals surface area contributed by atoms with Crippen molar-refractivity contribution in [2.75, 3.05) is 5.32 Å². The van der Waals surface area contributed by atoms with E-state index in [-0.39, 0.29) is 22.8 Å². The van der Waals surface area contributed by atoms with Crippen molar-refractivity contribution in [3.63, 3.8) is 0 Å². The van der Waals surface area contributed by atoms with Crippen molar-refractivity contribution in [3.05, 3.63) is 54.4 Å². The largest absolute Gasteiger partial charge is 0.573 e. The van der Waals surface area contributed by atoms with E-state index in [1.807, 2.05) is 0 Å². The van der Waals surface area contributed by atoms with Crippen molar-refractivity contribution in [2.45, 2.75) is 58.6 Å². The normalized spacial score (nSPS) is 19.6. The molecule has 214 valence electrons. The summed E-state index contributed by atoms with van der Waals surface area (Å²) in [6.45, 7) is 6.61. The van der Waals surface area contributed by atoms with Crippen molar-refractivity contribution in [3.8, 4) is 16.9 Å². The quantitative estimate of drug-likeness (QED) is 0.247. The van der Waals surface area contributed by atoms with Crippen molar-refractivity contribution >= 4 is 22.7 Å². The van der Waals surface area contributed by atoms with E-state index in [1.54, 1.807) is 18.2 Å². The molecule has 2 aromatic heterocycles. The Kier molecular flexibility index (Phi) is 6.78. The summed E-state index contributed by atoms with van der Waals surface area (Å²) in [5.41, 5.74) is 1.09. The molecular weight excluding hydrogens is 536 g/mol. The summed E-state index contributed by atoms with van der Waals surface area (Å²) >= 11 is 0. The van der Waals surface area contributed by atoms with Gasteiger partial charge >= 0.3 is 12.5 Å². The van der Waals surface area contributed by atoms with Crippen LogP contribution < -0.4 is 10.1 Å². The number of alkyl halides is 6. The molecule has 0 aliphatic heterocycles. The molecule has 2 aromatic carbocycles. The topological polar surface area (TPSA) is 56.9 Å². The average molecular weight is 566 g/mol. The number of aryl methyl sites for hydroxylation is 1. The number of nitrogens with zero attached hydrogens (tertiary/aromatic N) is 4. The highest BCUT2D eigenvalue weighted by atomic mass is 19.4. The zero-order valence-corrected chi connectivity index (χ0v) is 22.4. The van der Waals surface area contributed by atoms with Crippen LogP contribution in [0.2, 0.25) is 0 Å². The van der Waals surface area contributed by atoms with Gasteiger partial charge in [-0.15, -0.1) is 13.2 Å². The minimum Gasteiger partial charge on any atom is -0.406 e. The molecule has 2 atom stereocenters. The first kappa shape index (κ1) is 27.9. The van der Waals surface area contributed by atoms with Crippen molar-refractivity contribution in [1.29, 1.82) is 0 Å². The number of benzene rings is 2. The van der Waals surface area contributed by atoms with Crippen LogP contribution in [-0.2, 0) is 13.2 Å². The van der Waals surface area contributed by atoms with Gasteiger partial charge in [-0.3, -0.25) is 4.68 Å². The molecule has 1 saturated carbocycles. The minimum atomic E-state index is -4.80. The van der Waals surface area contributed by atoms with Gasteiger partial charge < -0.3 is 14.6 Å². The molecule has 1 N–H and O–H groups in total. The molecule has 0 unspecified atom stereocenters. The summed E-state index contributed by atoms with van der Waals surface area (Å²) in [6.07, 6.45) is -5.29. The third kappa shape index (κ3) is 5.90. The van der Waals surface area contributed by atoms with Gasteiger partial charge in [0.2, 0.25) is 5.95 Å². The third-order valence-electron chi connectivity index (χ3n) is 7.17. The van der Waals surface area contributed by atoms with Crippen LogP contribution in [0.5, 0.6) is 5.75 Å². The molecule has 0 bridgehead atoms. The fourth-order valence-electron chi connectivity index (χ4n) is 5.99. The fourth-order valence-corrected chi connectivity index (χ4v) is 5.99. The second-order valence-corrected chi connectivity index (χ2v) is 11.3. The Labute approximate surface area is 227 Å². The molecule has 0 saturated heterocycles. The first-order valence-electron chi connectivity index (χ1n) is 12.8. The van der Waals surface area contributed by atoms with Crippen molar-refractivity contribution in [1.82, 2.24) is 19.3 Å². The smallest absolute Gasteiger partial charge is 0.406 e. The SMILES string of the molecule is C[C@@H]1C[C@H](n2c(Nc3ccc(OC(F)(F)F)cc3)nc3cc(-c4cn(C)nc4C(F)(F)F)ccc32)CC(C)(C)C1. The number of imidazole rings is 1. The number of ether oxygens (including phenoxy) is 1. The van der Waals surface area contributed by atoms with Gasteiger partial charge in [-0.1, -0.05) is 26.8 Å². The monoisotopic (exact) mass is 565 g/mol. The molecule has 1 aliphatic carbocycles. The number of anilines is 2. The van der Waals surface area contributed by atoms with E-state index in [0.29, 0.717) is 28.6 Å². The lowest BCUT2D eigenvalue weighted by Crippen LogP contribution is -2.29. The molecule has 0 radical (unpaired) electrons. The highest BCUT2D eigenvalue weighted by Crippen LogP contribution is 2.46. The standard InChI is InChI=1S/C28H29F6N5O/c1-16-11-19(14-26(2,3)13-16)39-23-10-5-17(21-15-38(4)37-24(21)27(29,30)31)12-22(23)36-25(39)35-18-6-8-20(9-7-18)40-28(32,33)34/h5-10,12,15-16,19H,11,13-14H2,1-4H3,(H,35,36)/t16-,19+/m1/s1. The van der Waals surface area contributed by atoms with Gasteiger partial charge in [0.25, 0.3) is 0 Å². The van der Waals surface area contributed by atoms with Gasteiger partial charge in [-0.2, -0.15) is 18.3 Å². The van der Waals surface area contributed by atoms with E-state index in [4.69, 9.17) is 4.98 Å². The van der Waals surface area contributed by atoms with Crippen LogP contribution in [0, 0.1) is 11.3 Å². The molecule has 12 heteroatoms. The van der Waals surface area contributed by atoms with Crippen LogP contribution >= 0.6 is 0 Å². The van der Waals surface area contributed by atoms with E-state index in [9.17, 15) is 26.3 Å². The molecule has 1 fully saturated rings. The lowest BCUT2D eigenvalue weighted by Gasteiger charge is -2.40. The third-order valence-corrected chi connectivity index (χ3v) is 7.17. The number of nitrogens with one attached hydrogen (secondary N) is 1.